The van der Waals surface area contributed by atoms with Gasteiger partial charge in [0.25, 0.3) is 5.91 Å². The van der Waals surface area contributed by atoms with E-state index in [9.17, 15) is 9.90 Å². The number of carbonyl (C=O) groups excluding carboxylic acids is 1. The smallest absolute Gasteiger partial charge is 0.255 e. The van der Waals surface area contributed by atoms with Crippen molar-refractivity contribution in [2.24, 2.45) is 0 Å². The molecule has 176 valence electrons. The molecule has 3 aromatic carbocycles. The first-order chi connectivity index (χ1) is 16.4. The lowest BCUT2D eigenvalue weighted by molar-refractivity contribution is 0.0910. The number of amides is 1. The zero-order chi connectivity index (χ0) is 24.2. The molecule has 0 unspecified atom stereocenters. The van der Waals surface area contributed by atoms with Crippen LogP contribution in [0, 0.1) is 0 Å². The minimum atomic E-state index is -0.466. The highest BCUT2D eigenvalue weighted by atomic mass is 35.5. The maximum absolute atomic E-state index is 13.4. The van der Waals surface area contributed by atoms with Gasteiger partial charge in [0, 0.05) is 17.1 Å². The summed E-state index contributed by atoms with van der Waals surface area (Å²) < 4.78 is 5.90. The highest BCUT2D eigenvalue weighted by Crippen LogP contribution is 2.32. The quantitative estimate of drug-likeness (QED) is 0.269. The lowest BCUT2D eigenvalue weighted by Gasteiger charge is -2.19. The fourth-order valence-corrected chi connectivity index (χ4v) is 4.21. The third-order valence-corrected chi connectivity index (χ3v) is 6.28. The Morgan fingerprint density at radius 2 is 1.76 bits per heavy atom. The van der Waals surface area contributed by atoms with E-state index in [2.05, 4.69) is 10.3 Å². The number of benzene rings is 3. The van der Waals surface area contributed by atoms with E-state index in [0.717, 1.165) is 27.6 Å². The SMILES string of the molecule is CC(C)Oc1ccc(-c2ccc(Cl)c(Cl)c2)cc1C(=O)N[C@@H](CO)Cc1c[nH]c2ccccc12. The number of aromatic amines is 1. The molecule has 0 aliphatic rings. The van der Waals surface area contributed by atoms with Gasteiger partial charge in [0.05, 0.1) is 34.4 Å². The number of para-hydroxylation sites is 1. The monoisotopic (exact) mass is 496 g/mol. The summed E-state index contributed by atoms with van der Waals surface area (Å²) in [6.07, 6.45) is 2.29. The zero-order valence-corrected chi connectivity index (χ0v) is 20.5. The molecule has 3 N–H and O–H groups in total. The number of carbonyl (C=O) groups is 1. The average molecular weight is 497 g/mol. The molecule has 5 nitrogen and oxygen atoms in total. The van der Waals surface area contributed by atoms with Gasteiger partial charge in [0.2, 0.25) is 0 Å². The summed E-state index contributed by atoms with van der Waals surface area (Å²) in [7, 11) is 0. The molecule has 0 radical (unpaired) electrons. The van der Waals surface area contributed by atoms with E-state index in [0.29, 0.717) is 27.8 Å². The topological polar surface area (TPSA) is 74.3 Å². The number of hydrogen-bond acceptors (Lipinski definition) is 3. The van der Waals surface area contributed by atoms with Crippen molar-refractivity contribution in [3.8, 4) is 16.9 Å². The second-order valence-electron chi connectivity index (χ2n) is 8.42. The Hall–Kier alpha value is -2.99. The molecule has 1 amide bonds. The van der Waals surface area contributed by atoms with Crippen LogP contribution in [-0.2, 0) is 6.42 Å². The number of nitrogens with one attached hydrogen (secondary N) is 2. The summed E-state index contributed by atoms with van der Waals surface area (Å²) in [6.45, 7) is 3.61. The molecule has 4 aromatic rings. The normalized spacial score (nSPS) is 12.2. The minimum Gasteiger partial charge on any atom is -0.490 e. The summed E-state index contributed by atoms with van der Waals surface area (Å²) >= 11 is 12.3. The summed E-state index contributed by atoms with van der Waals surface area (Å²) in [4.78, 5) is 16.6. The Morgan fingerprint density at radius 1 is 1.03 bits per heavy atom. The van der Waals surface area contributed by atoms with Gasteiger partial charge in [-0.15, -0.1) is 0 Å². The fraction of sp³-hybridized carbons (Fsp3) is 0.222. The van der Waals surface area contributed by atoms with E-state index in [1.54, 1.807) is 24.3 Å². The van der Waals surface area contributed by atoms with E-state index < -0.39 is 6.04 Å². The average Bonchev–Trinajstić information content (AvgIpc) is 3.23. The molecule has 0 fully saturated rings. The number of aliphatic hydroxyl groups is 1. The van der Waals surface area contributed by atoms with Crippen molar-refractivity contribution in [3.05, 3.63) is 88.0 Å². The number of H-pyrrole nitrogens is 1. The third-order valence-electron chi connectivity index (χ3n) is 5.54. The van der Waals surface area contributed by atoms with Crippen LogP contribution in [-0.4, -0.2) is 34.8 Å². The number of hydrogen-bond donors (Lipinski definition) is 3. The first-order valence-electron chi connectivity index (χ1n) is 11.1. The summed E-state index contributed by atoms with van der Waals surface area (Å²) in [5.41, 5.74) is 4.06. The zero-order valence-electron chi connectivity index (χ0n) is 18.9. The Morgan fingerprint density at radius 3 is 2.50 bits per heavy atom. The molecular weight excluding hydrogens is 471 g/mol. The largest absolute Gasteiger partial charge is 0.490 e. The van der Waals surface area contributed by atoms with E-state index in [1.807, 2.05) is 56.4 Å². The van der Waals surface area contributed by atoms with E-state index >= 15 is 0 Å². The second-order valence-corrected chi connectivity index (χ2v) is 9.24. The number of aliphatic hydroxyl groups excluding tert-OH is 1. The van der Waals surface area contributed by atoms with Crippen LogP contribution in [0.15, 0.2) is 66.9 Å². The molecule has 0 spiro atoms. The third kappa shape index (κ3) is 5.39. The van der Waals surface area contributed by atoms with Gasteiger partial charge in [0.15, 0.2) is 0 Å². The van der Waals surface area contributed by atoms with Gasteiger partial charge < -0.3 is 20.1 Å². The molecule has 0 bridgehead atoms. The van der Waals surface area contributed by atoms with E-state index in [-0.39, 0.29) is 18.6 Å². The van der Waals surface area contributed by atoms with Crippen LogP contribution in [0.5, 0.6) is 5.75 Å². The van der Waals surface area contributed by atoms with Crippen molar-refractivity contribution in [1.82, 2.24) is 10.3 Å². The van der Waals surface area contributed by atoms with Crippen molar-refractivity contribution < 1.29 is 14.6 Å². The Kier molecular flexibility index (Phi) is 7.47. The molecule has 1 heterocycles. The molecule has 0 aliphatic heterocycles. The molecule has 0 saturated heterocycles. The molecule has 4 rings (SSSR count). The van der Waals surface area contributed by atoms with Gasteiger partial charge >= 0.3 is 0 Å². The number of halogens is 2. The summed E-state index contributed by atoms with van der Waals surface area (Å²) in [5, 5.41) is 15.0. The van der Waals surface area contributed by atoms with Gasteiger partial charge in [-0.2, -0.15) is 0 Å². The lowest BCUT2D eigenvalue weighted by atomic mass is 10.0. The Balaban J connectivity index is 1.62. The number of fused-ring (bicyclic) bond motifs is 1. The molecule has 34 heavy (non-hydrogen) atoms. The van der Waals surface area contributed by atoms with Crippen LogP contribution in [0.2, 0.25) is 10.0 Å². The highest BCUT2D eigenvalue weighted by Gasteiger charge is 2.20. The molecule has 0 saturated carbocycles. The van der Waals surface area contributed by atoms with Crippen LogP contribution < -0.4 is 10.1 Å². The van der Waals surface area contributed by atoms with E-state index in [1.165, 1.54) is 0 Å². The highest BCUT2D eigenvalue weighted by molar-refractivity contribution is 6.42. The molecular formula is C27H26Cl2N2O3. The first-order valence-corrected chi connectivity index (χ1v) is 11.8. The van der Waals surface area contributed by atoms with Crippen molar-refractivity contribution in [3.63, 3.8) is 0 Å². The van der Waals surface area contributed by atoms with Crippen LogP contribution in [0.3, 0.4) is 0 Å². The van der Waals surface area contributed by atoms with Gasteiger partial charge in [-0.1, -0.05) is 53.5 Å². The maximum Gasteiger partial charge on any atom is 0.255 e. The summed E-state index contributed by atoms with van der Waals surface area (Å²) in [5.74, 6) is 0.150. The molecule has 1 aromatic heterocycles. The first kappa shape index (κ1) is 24.1. The molecule has 0 aliphatic carbocycles. The van der Waals surface area contributed by atoms with Crippen LogP contribution in [0.4, 0.5) is 0 Å². The summed E-state index contributed by atoms with van der Waals surface area (Å²) in [6, 6.07) is 18.2. The second kappa shape index (κ2) is 10.5. The van der Waals surface area contributed by atoms with Gasteiger partial charge in [0.1, 0.15) is 5.75 Å². The van der Waals surface area contributed by atoms with Crippen molar-refractivity contribution in [2.75, 3.05) is 6.61 Å². The van der Waals surface area contributed by atoms with Crippen LogP contribution >= 0.6 is 23.2 Å². The fourth-order valence-electron chi connectivity index (χ4n) is 3.91. The van der Waals surface area contributed by atoms with Gasteiger partial charge in [-0.25, -0.2) is 0 Å². The van der Waals surface area contributed by atoms with Gasteiger partial charge in [-0.3, -0.25) is 4.79 Å². The Labute approximate surface area is 208 Å². The van der Waals surface area contributed by atoms with Gasteiger partial charge in [-0.05, 0) is 67.3 Å². The number of rotatable bonds is 8. The number of aromatic nitrogens is 1. The Bertz CT molecular complexity index is 1320. The van der Waals surface area contributed by atoms with E-state index in [4.69, 9.17) is 27.9 Å². The standard InChI is InChI=1S/C27H26Cl2N2O3/c1-16(2)34-26-10-8-17(18-7-9-23(28)24(29)13-18)12-22(26)27(33)31-20(15-32)11-19-14-30-25-6-4-3-5-21(19)25/h3-10,12-14,16,20,30,32H,11,15H2,1-2H3,(H,31,33)/t20-/m1/s1. The predicted octanol–water partition coefficient (Wildman–Crippen LogP) is 6.26. The van der Waals surface area contributed by atoms with Crippen LogP contribution in [0.25, 0.3) is 22.0 Å². The van der Waals surface area contributed by atoms with Crippen molar-refractivity contribution in [1.29, 1.82) is 0 Å². The van der Waals surface area contributed by atoms with Crippen LogP contribution in [0.1, 0.15) is 29.8 Å². The lowest BCUT2D eigenvalue weighted by Crippen LogP contribution is -2.39. The van der Waals surface area contributed by atoms with Crippen molar-refractivity contribution >= 4 is 40.0 Å². The number of ether oxygens (including phenoxy) is 1. The molecule has 1 atom stereocenters. The maximum atomic E-state index is 13.4. The molecule has 7 heteroatoms. The predicted molar refractivity (Wildman–Crippen MR) is 138 cm³/mol. The van der Waals surface area contributed by atoms with Crippen molar-refractivity contribution in [2.45, 2.75) is 32.4 Å². The minimum absolute atomic E-state index is 0.109.